The summed E-state index contributed by atoms with van der Waals surface area (Å²) in [7, 11) is 0.0885. The van der Waals surface area contributed by atoms with Crippen molar-refractivity contribution < 1.29 is 14.4 Å². The van der Waals surface area contributed by atoms with Crippen molar-refractivity contribution in [1.29, 1.82) is 0 Å². The normalized spacial score (nSPS) is 28.9. The third-order valence-corrected chi connectivity index (χ3v) is 9.20. The van der Waals surface area contributed by atoms with Crippen LogP contribution in [0.5, 0.6) is 0 Å². The maximum Gasteiger partial charge on any atom is 0.172 e. The Morgan fingerprint density at radius 3 is 1.94 bits per heavy atom. The molecule has 0 aliphatic heterocycles. The number of hydrogen-bond donors (Lipinski definition) is 0. The molecule has 0 fully saturated rings. The average molecular weight is 499 g/mol. The van der Waals surface area contributed by atoms with E-state index in [1.165, 1.54) is 0 Å². The number of hydrogen-bond acceptors (Lipinski definition) is 3. The fourth-order valence-corrected chi connectivity index (χ4v) is 7.29. The number of carbonyl (C=O) groups excluding carboxylic acids is 3. The SMILES string of the molecule is CC1(C(=O)c2ccccc2)C=CC(C(=O)PCC2C=CC=CC2(C)C)C(C)(C(=O)c2ccccc2)C1. The van der Waals surface area contributed by atoms with Gasteiger partial charge in [-0.3, -0.25) is 14.4 Å². The van der Waals surface area contributed by atoms with E-state index in [0.717, 1.165) is 6.16 Å². The summed E-state index contributed by atoms with van der Waals surface area (Å²) in [6, 6.07) is 18.4. The Balaban J connectivity index is 1.66. The van der Waals surface area contributed by atoms with Gasteiger partial charge in [-0.1, -0.05) is 118 Å². The standard InChI is InChI=1S/C32H35O3P/c1-30(2)19-12-11-17-25(30)21-36-29(35)26-18-20-31(3,27(33)23-13-7-5-8-14-23)22-32(26,4)28(34)24-15-9-6-10-16-24/h5-20,25-26,36H,21-22H2,1-4H3. The smallest absolute Gasteiger partial charge is 0.172 e. The van der Waals surface area contributed by atoms with Crippen LogP contribution in [0.25, 0.3) is 0 Å². The molecule has 3 nitrogen and oxygen atoms in total. The van der Waals surface area contributed by atoms with E-state index in [1.807, 2.05) is 74.5 Å². The van der Waals surface area contributed by atoms with Crippen LogP contribution in [0.2, 0.25) is 0 Å². The van der Waals surface area contributed by atoms with Crippen LogP contribution in [-0.2, 0) is 4.79 Å². The number of Topliss-reactive ketones (excluding diaryl/α,β-unsaturated/α-hetero) is 2. The minimum Gasteiger partial charge on any atom is -0.294 e. The zero-order chi connectivity index (χ0) is 26.0. The molecule has 36 heavy (non-hydrogen) atoms. The van der Waals surface area contributed by atoms with Crippen molar-refractivity contribution in [2.45, 2.75) is 34.1 Å². The molecule has 0 radical (unpaired) electrons. The molecule has 0 saturated heterocycles. The molecule has 0 heterocycles. The van der Waals surface area contributed by atoms with Crippen molar-refractivity contribution in [2.24, 2.45) is 28.1 Å². The third-order valence-electron chi connectivity index (χ3n) is 7.90. The van der Waals surface area contributed by atoms with E-state index in [-0.39, 0.29) is 43.4 Å². The van der Waals surface area contributed by atoms with E-state index in [1.54, 1.807) is 12.1 Å². The molecule has 5 atom stereocenters. The molecule has 4 rings (SSSR count). The summed E-state index contributed by atoms with van der Waals surface area (Å²) in [5, 5.41) is 0. The van der Waals surface area contributed by atoms with Gasteiger partial charge in [-0.05, 0) is 39.4 Å². The van der Waals surface area contributed by atoms with Gasteiger partial charge in [-0.2, -0.15) is 0 Å². The number of rotatable bonds is 8. The van der Waals surface area contributed by atoms with E-state index >= 15 is 0 Å². The highest BCUT2D eigenvalue weighted by atomic mass is 31.1. The molecule has 0 amide bonds. The van der Waals surface area contributed by atoms with Crippen LogP contribution >= 0.6 is 8.58 Å². The highest BCUT2D eigenvalue weighted by Crippen LogP contribution is 2.51. The van der Waals surface area contributed by atoms with Gasteiger partial charge in [0.1, 0.15) is 0 Å². The highest BCUT2D eigenvalue weighted by molar-refractivity contribution is 7.58. The van der Waals surface area contributed by atoms with Gasteiger partial charge in [0.25, 0.3) is 0 Å². The van der Waals surface area contributed by atoms with Crippen LogP contribution in [0.1, 0.15) is 54.8 Å². The summed E-state index contributed by atoms with van der Waals surface area (Å²) in [6.07, 6.45) is 13.3. The first-order chi connectivity index (χ1) is 17.1. The Hall–Kier alpha value is -2.90. The number of allylic oxidation sites excluding steroid dienone is 6. The van der Waals surface area contributed by atoms with Gasteiger partial charge in [-0.15, -0.1) is 0 Å². The molecule has 2 aliphatic rings. The maximum absolute atomic E-state index is 14.0. The van der Waals surface area contributed by atoms with Crippen LogP contribution < -0.4 is 0 Å². The molecule has 2 aliphatic carbocycles. The first-order valence-electron chi connectivity index (χ1n) is 12.6. The first kappa shape index (κ1) is 26.2. The predicted molar refractivity (Wildman–Crippen MR) is 149 cm³/mol. The van der Waals surface area contributed by atoms with Crippen molar-refractivity contribution in [3.05, 3.63) is 108 Å². The lowest BCUT2D eigenvalue weighted by molar-refractivity contribution is -0.116. The first-order valence-corrected chi connectivity index (χ1v) is 13.8. The van der Waals surface area contributed by atoms with Crippen molar-refractivity contribution in [3.8, 4) is 0 Å². The molecule has 0 N–H and O–H groups in total. The molecule has 0 aromatic heterocycles. The second kappa shape index (κ2) is 10.2. The Morgan fingerprint density at radius 2 is 1.36 bits per heavy atom. The maximum atomic E-state index is 14.0. The Bertz CT molecular complexity index is 1220. The highest BCUT2D eigenvalue weighted by Gasteiger charge is 2.52. The van der Waals surface area contributed by atoms with E-state index in [4.69, 9.17) is 0 Å². The van der Waals surface area contributed by atoms with Gasteiger partial charge >= 0.3 is 0 Å². The van der Waals surface area contributed by atoms with Crippen LogP contribution in [0, 0.1) is 28.1 Å². The summed E-state index contributed by atoms with van der Waals surface area (Å²) in [5.41, 5.74) is -0.617. The minimum absolute atomic E-state index is 0.00568. The van der Waals surface area contributed by atoms with Crippen molar-refractivity contribution in [1.82, 2.24) is 0 Å². The summed E-state index contributed by atoms with van der Waals surface area (Å²) < 4.78 is 0. The Kier molecular flexibility index (Phi) is 7.43. The van der Waals surface area contributed by atoms with Gasteiger partial charge in [0.2, 0.25) is 0 Å². The molecule has 0 saturated carbocycles. The molecule has 186 valence electrons. The lowest BCUT2D eigenvalue weighted by atomic mass is 9.58. The lowest BCUT2D eigenvalue weighted by Crippen LogP contribution is -2.47. The number of carbonyl (C=O) groups is 3. The molecule has 4 heteroatoms. The monoisotopic (exact) mass is 498 g/mol. The Morgan fingerprint density at radius 1 is 0.778 bits per heavy atom. The summed E-state index contributed by atoms with van der Waals surface area (Å²) in [6.45, 7) is 8.15. The molecule has 2 aromatic carbocycles. The van der Waals surface area contributed by atoms with E-state index in [0.29, 0.717) is 11.1 Å². The van der Waals surface area contributed by atoms with Gasteiger partial charge < -0.3 is 0 Å². The van der Waals surface area contributed by atoms with Crippen LogP contribution in [0.3, 0.4) is 0 Å². The zero-order valence-corrected chi connectivity index (χ0v) is 22.5. The largest absolute Gasteiger partial charge is 0.294 e. The third kappa shape index (κ3) is 5.13. The van der Waals surface area contributed by atoms with Crippen molar-refractivity contribution >= 4 is 25.7 Å². The summed E-state index contributed by atoms with van der Waals surface area (Å²) >= 11 is 0. The number of ketones is 2. The second-order valence-electron chi connectivity index (χ2n) is 11.2. The van der Waals surface area contributed by atoms with E-state index < -0.39 is 16.7 Å². The average Bonchev–Trinajstić information content (AvgIpc) is 2.87. The summed E-state index contributed by atoms with van der Waals surface area (Å²) in [4.78, 5) is 41.3. The molecular formula is C32H35O3P. The van der Waals surface area contributed by atoms with Crippen LogP contribution in [-0.4, -0.2) is 23.3 Å². The van der Waals surface area contributed by atoms with Gasteiger partial charge in [0.15, 0.2) is 17.1 Å². The van der Waals surface area contributed by atoms with Gasteiger partial charge in [-0.25, -0.2) is 0 Å². The molecule has 5 unspecified atom stereocenters. The lowest BCUT2D eigenvalue weighted by Gasteiger charge is -2.44. The second-order valence-corrected chi connectivity index (χ2v) is 12.4. The molecule has 0 bridgehead atoms. The van der Waals surface area contributed by atoms with Gasteiger partial charge in [0.05, 0.1) is 5.92 Å². The minimum atomic E-state index is -1.02. The van der Waals surface area contributed by atoms with Crippen LogP contribution in [0.4, 0.5) is 0 Å². The van der Waals surface area contributed by atoms with Crippen molar-refractivity contribution in [2.75, 3.05) is 6.16 Å². The van der Waals surface area contributed by atoms with Crippen molar-refractivity contribution in [3.63, 3.8) is 0 Å². The van der Waals surface area contributed by atoms with E-state index in [2.05, 4.69) is 38.2 Å². The van der Waals surface area contributed by atoms with Gasteiger partial charge in [0, 0.05) is 22.0 Å². The quantitative estimate of drug-likeness (QED) is 0.218. The fourth-order valence-electron chi connectivity index (χ4n) is 5.57. The summed E-state index contributed by atoms with van der Waals surface area (Å²) in [5.74, 6) is -0.394. The topological polar surface area (TPSA) is 51.2 Å². The predicted octanol–water partition coefficient (Wildman–Crippen LogP) is 7.31. The molecule has 2 aromatic rings. The fraction of sp³-hybridized carbons (Fsp3) is 0.344. The Labute approximate surface area is 216 Å². The molecular weight excluding hydrogens is 463 g/mol. The molecule has 0 spiro atoms. The van der Waals surface area contributed by atoms with Crippen LogP contribution in [0.15, 0.2) is 97.1 Å². The number of benzene rings is 2. The zero-order valence-electron chi connectivity index (χ0n) is 21.5. The van der Waals surface area contributed by atoms with E-state index in [9.17, 15) is 14.4 Å².